The first-order valence-electron chi connectivity index (χ1n) is 5.58. The molecule has 0 amide bonds. The van der Waals surface area contributed by atoms with Gasteiger partial charge in [0.1, 0.15) is 0 Å². The highest BCUT2D eigenvalue weighted by Crippen LogP contribution is 2.34. The van der Waals surface area contributed by atoms with Gasteiger partial charge >= 0.3 is 0 Å². The van der Waals surface area contributed by atoms with E-state index < -0.39 is 0 Å². The average Bonchev–Trinajstić information content (AvgIpc) is 2.67. The molecule has 0 spiro atoms. The topological polar surface area (TPSA) is 35.2 Å². The molecule has 1 aliphatic rings. The number of rotatable bonds is 5. The molecule has 1 aliphatic heterocycles. The Hall–Kier alpha value is -0.0800. The molecule has 2 N–H and O–H groups in total. The predicted octanol–water partition coefficient (Wildman–Crippen LogP) is 2.32. The van der Waals surface area contributed by atoms with Crippen LogP contribution in [0.2, 0.25) is 0 Å². The third-order valence-electron chi connectivity index (χ3n) is 3.62. The quantitative estimate of drug-likeness (QED) is 0.713. The third kappa shape index (κ3) is 2.68. The van der Waals surface area contributed by atoms with Crippen LogP contribution in [0.4, 0.5) is 0 Å². The van der Waals surface area contributed by atoms with Crippen molar-refractivity contribution in [1.29, 1.82) is 0 Å². The summed E-state index contributed by atoms with van der Waals surface area (Å²) in [6, 6.07) is 0. The molecule has 0 radical (unpaired) electrons. The fraction of sp³-hybridized carbons (Fsp3) is 1.00. The summed E-state index contributed by atoms with van der Waals surface area (Å²) in [5.41, 5.74) is 6.19. The normalized spacial score (nSPS) is 23.8. The van der Waals surface area contributed by atoms with Gasteiger partial charge in [-0.25, -0.2) is 0 Å². The maximum atomic E-state index is 5.85. The van der Waals surface area contributed by atoms with Crippen LogP contribution in [0.25, 0.3) is 0 Å². The Kier molecular flexibility index (Phi) is 4.20. The molecule has 0 aromatic heterocycles. The summed E-state index contributed by atoms with van der Waals surface area (Å²) in [7, 11) is 0. The van der Waals surface area contributed by atoms with Crippen LogP contribution in [-0.4, -0.2) is 19.3 Å². The van der Waals surface area contributed by atoms with E-state index >= 15 is 0 Å². The zero-order valence-corrected chi connectivity index (χ0v) is 9.01. The van der Waals surface area contributed by atoms with Gasteiger partial charge < -0.3 is 10.5 Å². The van der Waals surface area contributed by atoms with Crippen LogP contribution < -0.4 is 5.73 Å². The molecule has 1 saturated heterocycles. The Morgan fingerprint density at radius 3 is 2.46 bits per heavy atom. The van der Waals surface area contributed by atoms with E-state index in [1.165, 1.54) is 25.7 Å². The van der Waals surface area contributed by atoms with Crippen molar-refractivity contribution in [3.05, 3.63) is 0 Å². The van der Waals surface area contributed by atoms with Crippen molar-refractivity contribution in [2.75, 3.05) is 13.2 Å². The second-order valence-electron chi connectivity index (χ2n) is 4.25. The molecule has 1 rings (SSSR count). The van der Waals surface area contributed by atoms with Crippen LogP contribution in [-0.2, 0) is 4.74 Å². The van der Waals surface area contributed by atoms with E-state index in [4.69, 9.17) is 10.5 Å². The summed E-state index contributed by atoms with van der Waals surface area (Å²) in [5, 5.41) is 0. The molecule has 13 heavy (non-hydrogen) atoms. The van der Waals surface area contributed by atoms with Crippen molar-refractivity contribution in [2.45, 2.75) is 52.1 Å². The molecule has 2 nitrogen and oxygen atoms in total. The minimum Gasteiger partial charge on any atom is -0.378 e. The van der Waals surface area contributed by atoms with E-state index in [2.05, 4.69) is 13.8 Å². The molecule has 78 valence electrons. The van der Waals surface area contributed by atoms with Crippen LogP contribution in [0.3, 0.4) is 0 Å². The van der Waals surface area contributed by atoms with Gasteiger partial charge in [0.25, 0.3) is 0 Å². The lowest BCUT2D eigenvalue weighted by Gasteiger charge is -2.32. The first kappa shape index (κ1) is 11.0. The number of hydrogen-bond donors (Lipinski definition) is 1. The molecule has 0 saturated carbocycles. The lowest BCUT2D eigenvalue weighted by Crippen LogP contribution is -2.33. The zero-order chi connectivity index (χ0) is 9.73. The maximum absolute atomic E-state index is 5.85. The van der Waals surface area contributed by atoms with Crippen molar-refractivity contribution in [3.8, 4) is 0 Å². The molecular weight excluding hydrogens is 162 g/mol. The maximum Gasteiger partial charge on any atom is 0.0581 e. The van der Waals surface area contributed by atoms with Crippen LogP contribution in [0, 0.1) is 5.41 Å². The van der Waals surface area contributed by atoms with Crippen molar-refractivity contribution in [2.24, 2.45) is 11.1 Å². The fourth-order valence-electron chi connectivity index (χ4n) is 2.20. The first-order chi connectivity index (χ1) is 6.26. The minimum absolute atomic E-state index is 0.342. The molecule has 1 atom stereocenters. The molecule has 1 heterocycles. The lowest BCUT2D eigenvalue weighted by atomic mass is 9.77. The van der Waals surface area contributed by atoms with Gasteiger partial charge in [0, 0.05) is 6.61 Å². The standard InChI is InChI=1S/C11H23NO/c1-3-11(4-2,9-12)8-10-6-5-7-13-10/h10H,3-9,12H2,1-2H3. The molecule has 1 unspecified atom stereocenters. The van der Waals surface area contributed by atoms with Gasteiger partial charge in [0.15, 0.2) is 0 Å². The monoisotopic (exact) mass is 185 g/mol. The minimum atomic E-state index is 0.342. The molecule has 0 aromatic rings. The van der Waals surface area contributed by atoms with Crippen molar-refractivity contribution >= 4 is 0 Å². The summed E-state index contributed by atoms with van der Waals surface area (Å²) in [6.07, 6.45) is 6.49. The average molecular weight is 185 g/mol. The van der Waals surface area contributed by atoms with E-state index in [1.54, 1.807) is 0 Å². The highest BCUT2D eigenvalue weighted by atomic mass is 16.5. The van der Waals surface area contributed by atoms with Crippen molar-refractivity contribution in [3.63, 3.8) is 0 Å². The van der Waals surface area contributed by atoms with Crippen LogP contribution in [0.5, 0.6) is 0 Å². The van der Waals surface area contributed by atoms with E-state index in [0.29, 0.717) is 11.5 Å². The van der Waals surface area contributed by atoms with Gasteiger partial charge in [-0.05, 0) is 44.1 Å². The van der Waals surface area contributed by atoms with E-state index in [1.807, 2.05) is 0 Å². The Balaban J connectivity index is 2.44. The summed E-state index contributed by atoms with van der Waals surface area (Å²) in [6.45, 7) is 6.25. The predicted molar refractivity (Wildman–Crippen MR) is 55.7 cm³/mol. The molecule has 0 aliphatic carbocycles. The second kappa shape index (κ2) is 4.97. The lowest BCUT2D eigenvalue weighted by molar-refractivity contribution is 0.0595. The summed E-state index contributed by atoms with van der Waals surface area (Å²) >= 11 is 0. The van der Waals surface area contributed by atoms with E-state index in [-0.39, 0.29) is 0 Å². The number of hydrogen-bond acceptors (Lipinski definition) is 2. The van der Waals surface area contributed by atoms with Gasteiger partial charge in [-0.15, -0.1) is 0 Å². The van der Waals surface area contributed by atoms with Gasteiger partial charge in [-0.1, -0.05) is 13.8 Å². The van der Waals surface area contributed by atoms with Crippen LogP contribution in [0.15, 0.2) is 0 Å². The molecule has 1 fully saturated rings. The van der Waals surface area contributed by atoms with Crippen LogP contribution >= 0.6 is 0 Å². The highest BCUT2D eigenvalue weighted by molar-refractivity contribution is 4.82. The molecule has 0 aromatic carbocycles. The number of ether oxygens (including phenoxy) is 1. The molecule has 0 bridgehead atoms. The summed E-state index contributed by atoms with van der Waals surface area (Å²) in [4.78, 5) is 0. The van der Waals surface area contributed by atoms with Gasteiger partial charge in [-0.2, -0.15) is 0 Å². The second-order valence-corrected chi connectivity index (χ2v) is 4.25. The van der Waals surface area contributed by atoms with E-state index in [9.17, 15) is 0 Å². The summed E-state index contributed by atoms with van der Waals surface area (Å²) < 4.78 is 5.66. The Labute approximate surface area is 81.8 Å². The zero-order valence-electron chi connectivity index (χ0n) is 9.01. The van der Waals surface area contributed by atoms with Crippen molar-refractivity contribution < 1.29 is 4.74 Å². The molecule has 2 heteroatoms. The Bertz CT molecular complexity index is 129. The van der Waals surface area contributed by atoms with Gasteiger partial charge in [0.05, 0.1) is 6.10 Å². The van der Waals surface area contributed by atoms with Crippen molar-refractivity contribution in [1.82, 2.24) is 0 Å². The first-order valence-corrected chi connectivity index (χ1v) is 5.58. The smallest absolute Gasteiger partial charge is 0.0581 e. The molecular formula is C11H23NO. The van der Waals surface area contributed by atoms with Gasteiger partial charge in [-0.3, -0.25) is 0 Å². The van der Waals surface area contributed by atoms with Crippen LogP contribution in [0.1, 0.15) is 46.0 Å². The fourth-order valence-corrected chi connectivity index (χ4v) is 2.20. The summed E-state index contributed by atoms with van der Waals surface area (Å²) in [5.74, 6) is 0. The Morgan fingerprint density at radius 1 is 1.38 bits per heavy atom. The van der Waals surface area contributed by atoms with Gasteiger partial charge in [0.2, 0.25) is 0 Å². The Morgan fingerprint density at radius 2 is 2.08 bits per heavy atom. The van der Waals surface area contributed by atoms with E-state index in [0.717, 1.165) is 19.6 Å². The third-order valence-corrected chi connectivity index (χ3v) is 3.62. The highest BCUT2D eigenvalue weighted by Gasteiger charge is 2.30. The SMILES string of the molecule is CCC(CC)(CN)CC1CCCO1. The number of nitrogens with two attached hydrogens (primary N) is 1. The largest absolute Gasteiger partial charge is 0.378 e.